The van der Waals surface area contributed by atoms with Gasteiger partial charge in [-0.2, -0.15) is 5.10 Å². The Hall–Kier alpha value is -2.44. The zero-order chi connectivity index (χ0) is 13.8. The standard InChI is InChI=1S/C12H13N3O4/c1-3-18-11(16)8-7-14-15-9(12(17)19-4-2)5-6-13-10(8)15/h5-7H,3-4H2,1-2H3. The van der Waals surface area contributed by atoms with Crippen LogP contribution in [0, 0.1) is 0 Å². The van der Waals surface area contributed by atoms with Crippen molar-refractivity contribution in [1.82, 2.24) is 14.6 Å². The van der Waals surface area contributed by atoms with Crippen LogP contribution in [0.3, 0.4) is 0 Å². The molecule has 0 spiro atoms. The lowest BCUT2D eigenvalue weighted by molar-refractivity contribution is 0.0508. The molecular weight excluding hydrogens is 250 g/mol. The second-order valence-corrected chi connectivity index (χ2v) is 3.56. The molecule has 0 fully saturated rings. The molecule has 0 aliphatic heterocycles. The van der Waals surface area contributed by atoms with Crippen LogP contribution in [0.15, 0.2) is 18.5 Å². The van der Waals surface area contributed by atoms with Crippen molar-refractivity contribution in [2.24, 2.45) is 0 Å². The molecule has 7 heteroatoms. The van der Waals surface area contributed by atoms with Gasteiger partial charge >= 0.3 is 11.9 Å². The highest BCUT2D eigenvalue weighted by atomic mass is 16.5. The fourth-order valence-electron chi connectivity index (χ4n) is 1.60. The molecule has 0 saturated heterocycles. The number of nitrogens with zero attached hydrogens (tertiary/aromatic N) is 3. The molecule has 2 rings (SSSR count). The van der Waals surface area contributed by atoms with Crippen LogP contribution in [0.4, 0.5) is 0 Å². The minimum absolute atomic E-state index is 0.211. The Morgan fingerprint density at radius 3 is 2.58 bits per heavy atom. The average Bonchev–Trinajstić information content (AvgIpc) is 2.82. The van der Waals surface area contributed by atoms with E-state index in [1.807, 2.05) is 0 Å². The summed E-state index contributed by atoms with van der Waals surface area (Å²) in [5.74, 6) is -1.04. The Labute approximate surface area is 109 Å². The van der Waals surface area contributed by atoms with Crippen LogP contribution in [0.2, 0.25) is 0 Å². The van der Waals surface area contributed by atoms with Crippen molar-refractivity contribution in [3.8, 4) is 0 Å². The van der Waals surface area contributed by atoms with Crippen molar-refractivity contribution >= 4 is 17.6 Å². The summed E-state index contributed by atoms with van der Waals surface area (Å²) in [6.45, 7) is 3.94. The van der Waals surface area contributed by atoms with Crippen molar-refractivity contribution in [3.05, 3.63) is 29.7 Å². The second kappa shape index (κ2) is 5.47. The molecule has 0 unspecified atom stereocenters. The van der Waals surface area contributed by atoms with Crippen LogP contribution in [0.5, 0.6) is 0 Å². The van der Waals surface area contributed by atoms with Gasteiger partial charge < -0.3 is 9.47 Å². The van der Waals surface area contributed by atoms with Gasteiger partial charge in [-0.3, -0.25) is 0 Å². The van der Waals surface area contributed by atoms with Crippen LogP contribution in [0.25, 0.3) is 5.65 Å². The Morgan fingerprint density at radius 1 is 1.21 bits per heavy atom. The van der Waals surface area contributed by atoms with E-state index in [-0.39, 0.29) is 30.1 Å². The normalized spacial score (nSPS) is 10.4. The maximum absolute atomic E-state index is 11.7. The summed E-state index contributed by atoms with van der Waals surface area (Å²) >= 11 is 0. The third-order valence-electron chi connectivity index (χ3n) is 2.38. The molecule has 0 aliphatic carbocycles. The molecule has 0 N–H and O–H groups in total. The monoisotopic (exact) mass is 263 g/mol. The zero-order valence-electron chi connectivity index (χ0n) is 10.6. The van der Waals surface area contributed by atoms with E-state index in [1.165, 1.54) is 23.0 Å². The van der Waals surface area contributed by atoms with Gasteiger partial charge in [0.15, 0.2) is 11.3 Å². The van der Waals surface area contributed by atoms with Gasteiger partial charge in [-0.05, 0) is 19.9 Å². The summed E-state index contributed by atoms with van der Waals surface area (Å²) in [4.78, 5) is 27.5. The van der Waals surface area contributed by atoms with Gasteiger partial charge in [-0.1, -0.05) is 0 Å². The second-order valence-electron chi connectivity index (χ2n) is 3.56. The third-order valence-corrected chi connectivity index (χ3v) is 2.38. The lowest BCUT2D eigenvalue weighted by atomic mass is 10.3. The molecule has 2 aromatic rings. The number of ether oxygens (including phenoxy) is 2. The fourth-order valence-corrected chi connectivity index (χ4v) is 1.60. The summed E-state index contributed by atoms with van der Waals surface area (Å²) in [6.07, 6.45) is 2.75. The smallest absolute Gasteiger partial charge is 0.357 e. The molecule has 0 radical (unpaired) electrons. The van der Waals surface area contributed by atoms with Gasteiger partial charge in [-0.25, -0.2) is 19.1 Å². The first kappa shape index (κ1) is 13.0. The molecule has 2 heterocycles. The average molecular weight is 263 g/mol. The predicted octanol–water partition coefficient (Wildman–Crippen LogP) is 1.08. The first-order chi connectivity index (χ1) is 9.19. The van der Waals surface area contributed by atoms with Gasteiger partial charge in [0, 0.05) is 6.20 Å². The largest absolute Gasteiger partial charge is 0.462 e. The van der Waals surface area contributed by atoms with Crippen LogP contribution < -0.4 is 0 Å². The highest BCUT2D eigenvalue weighted by Gasteiger charge is 2.19. The molecule has 19 heavy (non-hydrogen) atoms. The Kier molecular flexibility index (Phi) is 3.74. The molecule has 0 bridgehead atoms. The van der Waals surface area contributed by atoms with E-state index in [9.17, 15) is 9.59 Å². The minimum Gasteiger partial charge on any atom is -0.462 e. The number of hydrogen-bond acceptors (Lipinski definition) is 6. The van der Waals surface area contributed by atoms with Gasteiger partial charge in [0.1, 0.15) is 5.56 Å². The summed E-state index contributed by atoms with van der Waals surface area (Å²) < 4.78 is 11.1. The number of carbonyl (C=O) groups excluding carboxylic acids is 2. The van der Waals surface area contributed by atoms with Crippen LogP contribution >= 0.6 is 0 Å². The number of hydrogen-bond donors (Lipinski definition) is 0. The van der Waals surface area contributed by atoms with Gasteiger partial charge in [0.2, 0.25) is 0 Å². The van der Waals surface area contributed by atoms with Crippen molar-refractivity contribution < 1.29 is 19.1 Å². The molecule has 100 valence electrons. The lowest BCUT2D eigenvalue weighted by Gasteiger charge is -2.04. The number of carbonyl (C=O) groups is 2. The molecule has 0 amide bonds. The zero-order valence-corrected chi connectivity index (χ0v) is 10.6. The van der Waals surface area contributed by atoms with Gasteiger partial charge in [0.05, 0.1) is 19.4 Å². The van der Waals surface area contributed by atoms with Crippen molar-refractivity contribution in [1.29, 1.82) is 0 Å². The van der Waals surface area contributed by atoms with Crippen molar-refractivity contribution in [3.63, 3.8) is 0 Å². The predicted molar refractivity (Wildman–Crippen MR) is 64.9 cm³/mol. The van der Waals surface area contributed by atoms with E-state index in [2.05, 4.69) is 10.1 Å². The number of esters is 2. The van der Waals surface area contributed by atoms with Crippen LogP contribution in [0.1, 0.15) is 34.7 Å². The van der Waals surface area contributed by atoms with E-state index in [0.29, 0.717) is 0 Å². The molecule has 0 aromatic carbocycles. The van der Waals surface area contributed by atoms with E-state index in [1.54, 1.807) is 13.8 Å². The fraction of sp³-hybridized carbons (Fsp3) is 0.333. The maximum atomic E-state index is 11.7. The highest BCUT2D eigenvalue weighted by molar-refractivity contribution is 5.96. The lowest BCUT2D eigenvalue weighted by Crippen LogP contribution is -2.12. The number of rotatable bonds is 4. The van der Waals surface area contributed by atoms with Gasteiger partial charge in [-0.15, -0.1) is 0 Å². The molecular formula is C12H13N3O4. The van der Waals surface area contributed by atoms with E-state index >= 15 is 0 Å². The molecule has 2 aromatic heterocycles. The van der Waals surface area contributed by atoms with Gasteiger partial charge in [0.25, 0.3) is 0 Å². The summed E-state index contributed by atoms with van der Waals surface area (Å²) in [7, 11) is 0. The first-order valence-electron chi connectivity index (χ1n) is 5.86. The molecule has 0 saturated carbocycles. The molecule has 7 nitrogen and oxygen atoms in total. The van der Waals surface area contributed by atoms with Crippen LogP contribution in [-0.2, 0) is 9.47 Å². The summed E-state index contributed by atoms with van der Waals surface area (Å²) in [5.41, 5.74) is 0.694. The quantitative estimate of drug-likeness (QED) is 0.768. The Bertz CT molecular complexity index is 620. The summed E-state index contributed by atoms with van der Waals surface area (Å²) in [5, 5.41) is 3.98. The highest BCUT2D eigenvalue weighted by Crippen LogP contribution is 2.12. The number of aromatic nitrogens is 3. The van der Waals surface area contributed by atoms with Crippen LogP contribution in [-0.4, -0.2) is 39.8 Å². The van der Waals surface area contributed by atoms with E-state index < -0.39 is 11.9 Å². The Morgan fingerprint density at radius 2 is 1.89 bits per heavy atom. The Balaban J connectivity index is 2.48. The molecule has 0 atom stereocenters. The van der Waals surface area contributed by atoms with Crippen molar-refractivity contribution in [2.45, 2.75) is 13.8 Å². The topological polar surface area (TPSA) is 82.8 Å². The maximum Gasteiger partial charge on any atom is 0.357 e. The van der Waals surface area contributed by atoms with E-state index in [0.717, 1.165) is 0 Å². The molecule has 0 aliphatic rings. The SMILES string of the molecule is CCOC(=O)c1cnn2c(C(=O)OCC)ccnc12. The summed E-state index contributed by atoms with van der Waals surface area (Å²) in [6, 6.07) is 1.48. The first-order valence-corrected chi connectivity index (χ1v) is 5.86. The van der Waals surface area contributed by atoms with E-state index in [4.69, 9.17) is 9.47 Å². The third kappa shape index (κ3) is 2.40. The minimum atomic E-state index is -0.522. The van der Waals surface area contributed by atoms with Crippen molar-refractivity contribution in [2.75, 3.05) is 13.2 Å². The number of fused-ring (bicyclic) bond motifs is 1.